The lowest BCUT2D eigenvalue weighted by Crippen LogP contribution is -2.33. The zero-order chi connectivity index (χ0) is 20.1. The number of aromatic nitrogens is 4. The fraction of sp³-hybridized carbons (Fsp3) is 0.450. The van der Waals surface area contributed by atoms with Gasteiger partial charge in [-0.2, -0.15) is 0 Å². The Balaban J connectivity index is 1.74. The van der Waals surface area contributed by atoms with Gasteiger partial charge in [0.05, 0.1) is 12.9 Å². The minimum atomic E-state index is -1.20. The maximum atomic E-state index is 10.3. The molecule has 8 heteroatoms. The molecule has 0 amide bonds. The van der Waals surface area contributed by atoms with Crippen molar-refractivity contribution in [1.82, 2.24) is 19.5 Å². The lowest BCUT2D eigenvalue weighted by Gasteiger charge is -2.19. The van der Waals surface area contributed by atoms with Crippen LogP contribution in [-0.4, -0.2) is 59.8 Å². The van der Waals surface area contributed by atoms with Gasteiger partial charge >= 0.3 is 0 Å². The molecule has 4 rings (SSSR count). The predicted molar refractivity (Wildman–Crippen MR) is 102 cm³/mol. The number of fused-ring (bicyclic) bond motifs is 1. The van der Waals surface area contributed by atoms with E-state index in [0.29, 0.717) is 16.9 Å². The molecule has 148 valence electrons. The molecule has 0 spiro atoms. The van der Waals surface area contributed by atoms with Crippen molar-refractivity contribution in [2.45, 2.75) is 50.7 Å². The van der Waals surface area contributed by atoms with Gasteiger partial charge in [0.2, 0.25) is 0 Å². The number of aliphatic hydroxyl groups excluding tert-OH is 3. The Labute approximate surface area is 162 Å². The molecule has 0 bridgehead atoms. The van der Waals surface area contributed by atoms with Gasteiger partial charge in [0, 0.05) is 5.56 Å². The zero-order valence-electron chi connectivity index (χ0n) is 16.0. The van der Waals surface area contributed by atoms with E-state index in [1.54, 1.807) is 4.57 Å². The number of rotatable bonds is 3. The molecular formula is C20H24N4O4. The first-order chi connectivity index (χ1) is 13.3. The van der Waals surface area contributed by atoms with Gasteiger partial charge < -0.3 is 20.1 Å². The number of ether oxygens (including phenoxy) is 1. The molecule has 3 N–H and O–H groups in total. The number of aliphatic hydroxyl groups is 3. The van der Waals surface area contributed by atoms with E-state index in [4.69, 9.17) is 4.74 Å². The van der Waals surface area contributed by atoms with Crippen molar-refractivity contribution in [2.75, 3.05) is 6.61 Å². The molecule has 1 aliphatic rings. The normalized spacial score (nSPS) is 25.5. The van der Waals surface area contributed by atoms with Crippen molar-refractivity contribution in [2.24, 2.45) is 0 Å². The molecule has 1 saturated heterocycles. The van der Waals surface area contributed by atoms with E-state index in [1.807, 2.05) is 12.1 Å². The second kappa shape index (κ2) is 6.89. The van der Waals surface area contributed by atoms with E-state index >= 15 is 0 Å². The molecule has 8 nitrogen and oxygen atoms in total. The predicted octanol–water partition coefficient (Wildman–Crippen LogP) is 1.40. The quantitative estimate of drug-likeness (QED) is 0.625. The summed E-state index contributed by atoms with van der Waals surface area (Å²) in [5.41, 5.74) is 3.92. The van der Waals surface area contributed by atoms with Gasteiger partial charge in [-0.25, -0.2) is 15.0 Å². The smallest absolute Gasteiger partial charge is 0.166 e. The van der Waals surface area contributed by atoms with Crippen LogP contribution in [0.5, 0.6) is 0 Å². The SMILES string of the molecule is CC(C)(C)c1ccc(-c2ncnc3c2ncn3C2O[C@H](CO)[C@@H](O)[C@H]2O)cc1. The van der Waals surface area contributed by atoms with E-state index in [1.165, 1.54) is 18.2 Å². The second-order valence-corrected chi connectivity index (χ2v) is 8.10. The molecule has 3 heterocycles. The molecule has 0 saturated carbocycles. The summed E-state index contributed by atoms with van der Waals surface area (Å²) in [4.78, 5) is 13.1. The van der Waals surface area contributed by atoms with Crippen molar-refractivity contribution >= 4 is 11.2 Å². The van der Waals surface area contributed by atoms with E-state index in [-0.39, 0.29) is 12.0 Å². The monoisotopic (exact) mass is 384 g/mol. The van der Waals surface area contributed by atoms with Crippen LogP contribution in [0.3, 0.4) is 0 Å². The van der Waals surface area contributed by atoms with Crippen molar-refractivity contribution in [3.8, 4) is 11.3 Å². The van der Waals surface area contributed by atoms with E-state index in [0.717, 1.165) is 5.56 Å². The Hall–Kier alpha value is -2.39. The summed E-state index contributed by atoms with van der Waals surface area (Å²) in [6.07, 6.45) is -1.17. The number of imidazole rings is 1. The Bertz CT molecular complexity index is 980. The molecule has 1 fully saturated rings. The summed E-state index contributed by atoms with van der Waals surface area (Å²) >= 11 is 0. The Morgan fingerprint density at radius 1 is 1.04 bits per heavy atom. The topological polar surface area (TPSA) is 114 Å². The molecule has 4 atom stereocenters. The van der Waals surface area contributed by atoms with Crippen LogP contribution in [0, 0.1) is 0 Å². The minimum absolute atomic E-state index is 0.0567. The van der Waals surface area contributed by atoms with Crippen LogP contribution in [0.15, 0.2) is 36.9 Å². The van der Waals surface area contributed by atoms with Crippen LogP contribution < -0.4 is 0 Å². The first-order valence-corrected chi connectivity index (χ1v) is 9.22. The maximum Gasteiger partial charge on any atom is 0.166 e. The van der Waals surface area contributed by atoms with Gasteiger partial charge in [-0.1, -0.05) is 45.0 Å². The average Bonchev–Trinajstić information content (AvgIpc) is 3.22. The second-order valence-electron chi connectivity index (χ2n) is 8.10. The van der Waals surface area contributed by atoms with Gasteiger partial charge in [-0.05, 0) is 11.0 Å². The maximum absolute atomic E-state index is 10.3. The van der Waals surface area contributed by atoms with Gasteiger partial charge in [0.25, 0.3) is 0 Å². The number of nitrogens with zero attached hydrogens (tertiary/aromatic N) is 4. The largest absolute Gasteiger partial charge is 0.394 e. The lowest BCUT2D eigenvalue weighted by atomic mass is 9.86. The first-order valence-electron chi connectivity index (χ1n) is 9.22. The Morgan fingerprint density at radius 3 is 2.36 bits per heavy atom. The average molecular weight is 384 g/mol. The molecule has 3 aromatic rings. The molecule has 2 aromatic heterocycles. The fourth-order valence-corrected chi connectivity index (χ4v) is 3.49. The third kappa shape index (κ3) is 3.08. The number of benzene rings is 1. The van der Waals surface area contributed by atoms with Crippen LogP contribution in [0.2, 0.25) is 0 Å². The van der Waals surface area contributed by atoms with E-state index in [9.17, 15) is 15.3 Å². The van der Waals surface area contributed by atoms with Crippen molar-refractivity contribution in [3.05, 3.63) is 42.5 Å². The first kappa shape index (κ1) is 18.9. The molecule has 1 aliphatic heterocycles. The Kier molecular flexibility index (Phi) is 4.67. The highest BCUT2D eigenvalue weighted by molar-refractivity contribution is 5.87. The highest BCUT2D eigenvalue weighted by Gasteiger charge is 2.44. The molecular weight excluding hydrogens is 360 g/mol. The van der Waals surface area contributed by atoms with Crippen LogP contribution in [0.4, 0.5) is 0 Å². The molecule has 1 unspecified atom stereocenters. The molecule has 28 heavy (non-hydrogen) atoms. The third-order valence-corrected chi connectivity index (χ3v) is 5.17. The summed E-state index contributed by atoms with van der Waals surface area (Å²) in [5, 5.41) is 29.6. The number of hydrogen-bond donors (Lipinski definition) is 3. The van der Waals surface area contributed by atoms with Crippen LogP contribution in [0.25, 0.3) is 22.4 Å². The lowest BCUT2D eigenvalue weighted by molar-refractivity contribution is -0.0511. The summed E-state index contributed by atoms with van der Waals surface area (Å²) in [6.45, 7) is 6.09. The van der Waals surface area contributed by atoms with Gasteiger partial charge in [0.15, 0.2) is 11.9 Å². The molecule has 1 aromatic carbocycles. The van der Waals surface area contributed by atoms with Gasteiger partial charge in [0.1, 0.15) is 35.8 Å². The van der Waals surface area contributed by atoms with Crippen molar-refractivity contribution < 1.29 is 20.1 Å². The molecule has 0 aliphatic carbocycles. The summed E-state index contributed by atoms with van der Waals surface area (Å²) in [7, 11) is 0. The van der Waals surface area contributed by atoms with E-state index < -0.39 is 24.5 Å². The van der Waals surface area contributed by atoms with Gasteiger partial charge in [-0.15, -0.1) is 0 Å². The highest BCUT2D eigenvalue weighted by atomic mass is 16.6. The van der Waals surface area contributed by atoms with Crippen LogP contribution in [-0.2, 0) is 10.2 Å². The standard InChI is InChI=1S/C20H24N4O4/c1-20(2,3)12-6-4-11(5-7-12)14-15-18(22-9-21-14)24(10-23-15)19-17(27)16(26)13(8-25)28-19/h4-7,9-10,13,16-17,19,25-27H,8H2,1-3H3/t13-,16-,17-,19?/m1/s1. The summed E-state index contributed by atoms with van der Waals surface area (Å²) < 4.78 is 7.16. The third-order valence-electron chi connectivity index (χ3n) is 5.17. The van der Waals surface area contributed by atoms with Gasteiger partial charge in [-0.3, -0.25) is 4.57 Å². The molecule has 0 radical (unpaired) electrons. The van der Waals surface area contributed by atoms with Crippen LogP contribution in [0.1, 0.15) is 32.6 Å². The van der Waals surface area contributed by atoms with Crippen molar-refractivity contribution in [3.63, 3.8) is 0 Å². The minimum Gasteiger partial charge on any atom is -0.394 e. The zero-order valence-corrected chi connectivity index (χ0v) is 16.0. The fourth-order valence-electron chi connectivity index (χ4n) is 3.49. The summed E-state index contributed by atoms with van der Waals surface area (Å²) in [6, 6.07) is 8.17. The summed E-state index contributed by atoms with van der Waals surface area (Å²) in [5.74, 6) is 0. The van der Waals surface area contributed by atoms with Crippen LogP contribution >= 0.6 is 0 Å². The highest BCUT2D eigenvalue weighted by Crippen LogP contribution is 2.33. The van der Waals surface area contributed by atoms with Crippen molar-refractivity contribution in [1.29, 1.82) is 0 Å². The van der Waals surface area contributed by atoms with E-state index in [2.05, 4.69) is 47.9 Å². The Morgan fingerprint density at radius 2 is 1.75 bits per heavy atom. The number of hydrogen-bond acceptors (Lipinski definition) is 7.